The van der Waals surface area contributed by atoms with Gasteiger partial charge in [0.1, 0.15) is 0 Å². The predicted molar refractivity (Wildman–Crippen MR) is 57.6 cm³/mol. The van der Waals surface area contributed by atoms with Gasteiger partial charge in [-0.1, -0.05) is 0 Å². The van der Waals surface area contributed by atoms with E-state index in [4.69, 9.17) is 0 Å². The highest BCUT2D eigenvalue weighted by Gasteiger charge is 2.22. The van der Waals surface area contributed by atoms with Crippen molar-refractivity contribution in [3.8, 4) is 0 Å². The van der Waals surface area contributed by atoms with Gasteiger partial charge in [0.15, 0.2) is 0 Å². The number of nitrogens with one attached hydrogen (secondary N) is 2. The molecule has 1 aliphatic rings. The molecule has 0 aromatic carbocycles. The number of rotatable bonds is 4. The molecule has 2 N–H and O–H groups in total. The Bertz CT molecular complexity index is 227. The average molecular weight is 218 g/mol. The van der Waals surface area contributed by atoms with Crippen LogP contribution in [-0.4, -0.2) is 40.8 Å². The van der Waals surface area contributed by atoms with Crippen LogP contribution in [0, 0.1) is 0 Å². The first-order chi connectivity index (χ1) is 6.59. The third kappa shape index (κ3) is 3.75. The van der Waals surface area contributed by atoms with E-state index in [0.29, 0.717) is 5.75 Å². The molecule has 3 unspecified atom stereocenters. The Morgan fingerprint density at radius 1 is 1.71 bits per heavy atom. The topological polar surface area (TPSA) is 58.2 Å². The molecule has 1 saturated heterocycles. The SMILES string of the molecule is CC(CS(C)=O)NC(=O)C1CCCN1. The third-order valence-electron chi connectivity index (χ3n) is 2.25. The molecule has 0 radical (unpaired) electrons. The van der Waals surface area contributed by atoms with Crippen molar-refractivity contribution >= 4 is 16.7 Å². The molecular weight excluding hydrogens is 200 g/mol. The van der Waals surface area contributed by atoms with E-state index in [-0.39, 0.29) is 18.0 Å². The van der Waals surface area contributed by atoms with Crippen LogP contribution in [0.2, 0.25) is 0 Å². The van der Waals surface area contributed by atoms with Gasteiger partial charge in [-0.05, 0) is 26.3 Å². The monoisotopic (exact) mass is 218 g/mol. The first kappa shape index (κ1) is 11.7. The molecule has 0 aliphatic carbocycles. The summed E-state index contributed by atoms with van der Waals surface area (Å²) in [5, 5.41) is 5.99. The van der Waals surface area contributed by atoms with E-state index in [9.17, 15) is 9.00 Å². The Balaban J connectivity index is 2.28. The standard InChI is InChI=1S/C9H18N2O2S/c1-7(6-14(2)13)11-9(12)8-4-3-5-10-8/h7-8,10H,3-6H2,1-2H3,(H,11,12). The summed E-state index contributed by atoms with van der Waals surface area (Å²) in [7, 11) is -0.849. The highest BCUT2D eigenvalue weighted by molar-refractivity contribution is 7.84. The Kier molecular flexibility index (Phi) is 4.54. The van der Waals surface area contributed by atoms with Crippen LogP contribution in [0.25, 0.3) is 0 Å². The minimum absolute atomic E-state index is 0.00395. The molecule has 0 spiro atoms. The van der Waals surface area contributed by atoms with Crippen molar-refractivity contribution in [1.29, 1.82) is 0 Å². The van der Waals surface area contributed by atoms with Crippen molar-refractivity contribution < 1.29 is 9.00 Å². The van der Waals surface area contributed by atoms with Crippen LogP contribution in [0.4, 0.5) is 0 Å². The molecule has 1 fully saturated rings. The lowest BCUT2D eigenvalue weighted by Crippen LogP contribution is -2.45. The maximum atomic E-state index is 11.6. The largest absolute Gasteiger partial charge is 0.351 e. The molecule has 0 aromatic heterocycles. The number of hydrogen-bond donors (Lipinski definition) is 2. The van der Waals surface area contributed by atoms with Crippen LogP contribution in [0.1, 0.15) is 19.8 Å². The van der Waals surface area contributed by atoms with E-state index in [1.807, 2.05) is 6.92 Å². The van der Waals surface area contributed by atoms with Crippen molar-refractivity contribution in [1.82, 2.24) is 10.6 Å². The summed E-state index contributed by atoms with van der Waals surface area (Å²) in [4.78, 5) is 11.6. The van der Waals surface area contributed by atoms with Gasteiger partial charge in [0.2, 0.25) is 5.91 Å². The lowest BCUT2D eigenvalue weighted by molar-refractivity contribution is -0.123. The quantitative estimate of drug-likeness (QED) is 0.676. The second-order valence-corrected chi connectivity index (χ2v) is 5.28. The zero-order chi connectivity index (χ0) is 10.6. The van der Waals surface area contributed by atoms with Gasteiger partial charge in [0, 0.05) is 28.9 Å². The lowest BCUT2D eigenvalue weighted by Gasteiger charge is -2.16. The number of amides is 1. The van der Waals surface area contributed by atoms with Crippen LogP contribution >= 0.6 is 0 Å². The van der Waals surface area contributed by atoms with Gasteiger partial charge >= 0.3 is 0 Å². The summed E-state index contributed by atoms with van der Waals surface area (Å²) in [5.74, 6) is 0.568. The van der Waals surface area contributed by atoms with Crippen molar-refractivity contribution in [3.05, 3.63) is 0 Å². The van der Waals surface area contributed by atoms with Crippen LogP contribution in [0.15, 0.2) is 0 Å². The van der Waals surface area contributed by atoms with E-state index in [0.717, 1.165) is 19.4 Å². The molecule has 0 saturated carbocycles. The Labute approximate surface area is 87.3 Å². The van der Waals surface area contributed by atoms with Gasteiger partial charge in [-0.2, -0.15) is 0 Å². The minimum atomic E-state index is -0.849. The van der Waals surface area contributed by atoms with E-state index >= 15 is 0 Å². The second-order valence-electron chi connectivity index (χ2n) is 3.80. The molecule has 0 bridgehead atoms. The molecule has 1 aliphatic heterocycles. The molecule has 1 heterocycles. The Morgan fingerprint density at radius 2 is 2.43 bits per heavy atom. The first-order valence-electron chi connectivity index (χ1n) is 4.93. The predicted octanol–water partition coefficient (Wildman–Crippen LogP) is -0.378. The highest BCUT2D eigenvalue weighted by atomic mass is 32.2. The van der Waals surface area contributed by atoms with Crippen molar-refractivity contribution in [2.24, 2.45) is 0 Å². The van der Waals surface area contributed by atoms with E-state index in [2.05, 4.69) is 10.6 Å². The Hall–Kier alpha value is -0.420. The first-order valence-corrected chi connectivity index (χ1v) is 6.66. The molecule has 4 nitrogen and oxygen atoms in total. The van der Waals surface area contributed by atoms with Crippen molar-refractivity contribution in [2.75, 3.05) is 18.6 Å². The highest BCUT2D eigenvalue weighted by Crippen LogP contribution is 2.04. The maximum absolute atomic E-state index is 11.6. The molecule has 0 aromatic rings. The third-order valence-corrected chi connectivity index (χ3v) is 3.22. The molecule has 14 heavy (non-hydrogen) atoms. The average Bonchev–Trinajstić information content (AvgIpc) is 2.53. The molecule has 5 heteroatoms. The van der Waals surface area contributed by atoms with Crippen LogP contribution in [0.3, 0.4) is 0 Å². The van der Waals surface area contributed by atoms with Crippen LogP contribution in [0.5, 0.6) is 0 Å². The molecule has 1 rings (SSSR count). The fraction of sp³-hybridized carbons (Fsp3) is 0.889. The van der Waals surface area contributed by atoms with Gasteiger partial charge in [-0.3, -0.25) is 9.00 Å². The fourth-order valence-corrected chi connectivity index (χ4v) is 2.43. The van der Waals surface area contributed by atoms with E-state index < -0.39 is 10.8 Å². The van der Waals surface area contributed by atoms with Crippen LogP contribution < -0.4 is 10.6 Å². The van der Waals surface area contributed by atoms with Crippen molar-refractivity contribution in [2.45, 2.75) is 31.8 Å². The van der Waals surface area contributed by atoms with Crippen LogP contribution in [-0.2, 0) is 15.6 Å². The summed E-state index contributed by atoms with van der Waals surface area (Å²) < 4.78 is 10.9. The zero-order valence-electron chi connectivity index (χ0n) is 8.71. The summed E-state index contributed by atoms with van der Waals surface area (Å²) in [6, 6.07) is -0.0431. The summed E-state index contributed by atoms with van der Waals surface area (Å²) >= 11 is 0. The van der Waals surface area contributed by atoms with Gasteiger partial charge in [-0.25, -0.2) is 0 Å². The van der Waals surface area contributed by atoms with Crippen molar-refractivity contribution in [3.63, 3.8) is 0 Å². The number of carbonyl (C=O) groups excluding carboxylic acids is 1. The molecular formula is C9H18N2O2S. The smallest absolute Gasteiger partial charge is 0.237 e. The summed E-state index contributed by atoms with van der Waals surface area (Å²) in [6.45, 7) is 2.81. The van der Waals surface area contributed by atoms with Gasteiger partial charge in [0.25, 0.3) is 0 Å². The van der Waals surface area contributed by atoms with E-state index in [1.54, 1.807) is 6.26 Å². The zero-order valence-corrected chi connectivity index (χ0v) is 9.52. The number of carbonyl (C=O) groups is 1. The lowest BCUT2D eigenvalue weighted by atomic mass is 10.2. The van der Waals surface area contributed by atoms with Gasteiger partial charge < -0.3 is 10.6 Å². The number of hydrogen-bond acceptors (Lipinski definition) is 3. The van der Waals surface area contributed by atoms with E-state index in [1.165, 1.54) is 0 Å². The fourth-order valence-electron chi connectivity index (χ4n) is 1.65. The summed E-state index contributed by atoms with van der Waals surface area (Å²) in [5.41, 5.74) is 0. The Morgan fingerprint density at radius 3 is 2.93 bits per heavy atom. The normalized spacial score (nSPS) is 25.7. The second kappa shape index (κ2) is 5.46. The maximum Gasteiger partial charge on any atom is 0.237 e. The molecule has 82 valence electrons. The minimum Gasteiger partial charge on any atom is -0.351 e. The van der Waals surface area contributed by atoms with Gasteiger partial charge in [0.05, 0.1) is 6.04 Å². The van der Waals surface area contributed by atoms with Gasteiger partial charge in [-0.15, -0.1) is 0 Å². The summed E-state index contributed by atoms with van der Waals surface area (Å²) in [6.07, 6.45) is 3.62. The molecule has 1 amide bonds. The molecule has 3 atom stereocenters.